The zero-order valence-corrected chi connectivity index (χ0v) is 10.4. The van der Waals surface area contributed by atoms with Crippen LogP contribution in [0.4, 0.5) is 11.5 Å². The van der Waals surface area contributed by atoms with Crippen LogP contribution in [0.25, 0.3) is 10.8 Å². The van der Waals surface area contributed by atoms with Gasteiger partial charge in [0.05, 0.1) is 17.4 Å². The van der Waals surface area contributed by atoms with E-state index in [1.807, 2.05) is 30.3 Å². The summed E-state index contributed by atoms with van der Waals surface area (Å²) in [5.41, 5.74) is 0.991. The van der Waals surface area contributed by atoms with Crippen molar-refractivity contribution in [1.29, 1.82) is 0 Å². The van der Waals surface area contributed by atoms with Gasteiger partial charge in [0.15, 0.2) is 0 Å². The highest BCUT2D eigenvalue weighted by Crippen LogP contribution is 2.26. The molecular formula is C15H11N3O2. The Morgan fingerprint density at radius 1 is 1.05 bits per heavy atom. The first-order chi connectivity index (χ1) is 9.75. The highest BCUT2D eigenvalue weighted by atomic mass is 16.4. The Morgan fingerprint density at radius 2 is 1.85 bits per heavy atom. The van der Waals surface area contributed by atoms with Crippen molar-refractivity contribution < 1.29 is 9.90 Å². The summed E-state index contributed by atoms with van der Waals surface area (Å²) in [4.78, 5) is 19.4. The lowest BCUT2D eigenvalue weighted by Crippen LogP contribution is -2.02. The summed E-state index contributed by atoms with van der Waals surface area (Å²) in [6.07, 6.45) is 4.73. The summed E-state index contributed by atoms with van der Waals surface area (Å²) in [6, 6.07) is 11.0. The molecule has 0 atom stereocenters. The van der Waals surface area contributed by atoms with Crippen molar-refractivity contribution in [2.45, 2.75) is 0 Å². The maximum Gasteiger partial charge on any atom is 0.337 e. The lowest BCUT2D eigenvalue weighted by Gasteiger charge is -2.10. The maximum atomic E-state index is 11.2. The molecule has 2 aromatic heterocycles. The quantitative estimate of drug-likeness (QED) is 0.761. The van der Waals surface area contributed by atoms with Crippen molar-refractivity contribution in [2.24, 2.45) is 0 Å². The molecule has 0 amide bonds. The third-order valence-corrected chi connectivity index (χ3v) is 2.95. The lowest BCUT2D eigenvalue weighted by molar-refractivity contribution is 0.0698. The number of benzene rings is 1. The molecule has 2 N–H and O–H groups in total. The average molecular weight is 265 g/mol. The van der Waals surface area contributed by atoms with Crippen LogP contribution in [-0.2, 0) is 0 Å². The second kappa shape index (κ2) is 4.97. The standard InChI is InChI=1S/C15H11N3O2/c19-15(20)13-9-17-14(12-6-2-1-5-11(12)13)18-10-4-3-7-16-8-10/h1-9H,(H,17,18)(H,19,20). The Balaban J connectivity index is 2.13. The molecular weight excluding hydrogens is 254 g/mol. The van der Waals surface area contributed by atoms with Crippen molar-refractivity contribution in [2.75, 3.05) is 5.32 Å². The molecule has 0 aliphatic heterocycles. The molecule has 5 heteroatoms. The molecule has 0 bridgehead atoms. The van der Waals surface area contributed by atoms with Gasteiger partial charge in [-0.1, -0.05) is 24.3 Å². The normalized spacial score (nSPS) is 10.4. The molecule has 20 heavy (non-hydrogen) atoms. The minimum absolute atomic E-state index is 0.192. The van der Waals surface area contributed by atoms with Crippen LogP contribution < -0.4 is 5.32 Å². The summed E-state index contributed by atoms with van der Waals surface area (Å²) in [5, 5.41) is 13.8. The molecule has 1 aromatic carbocycles. The lowest BCUT2D eigenvalue weighted by atomic mass is 10.1. The fraction of sp³-hybridized carbons (Fsp3) is 0. The maximum absolute atomic E-state index is 11.2. The summed E-state index contributed by atoms with van der Waals surface area (Å²) >= 11 is 0. The van der Waals surface area contributed by atoms with Gasteiger partial charge < -0.3 is 10.4 Å². The van der Waals surface area contributed by atoms with Crippen LogP contribution in [0.2, 0.25) is 0 Å². The van der Waals surface area contributed by atoms with E-state index in [-0.39, 0.29) is 5.56 Å². The molecule has 2 heterocycles. The van der Waals surface area contributed by atoms with E-state index in [0.717, 1.165) is 11.1 Å². The number of nitrogens with one attached hydrogen (secondary N) is 1. The topological polar surface area (TPSA) is 75.1 Å². The molecule has 0 radical (unpaired) electrons. The molecule has 0 aliphatic rings. The molecule has 0 spiro atoms. The van der Waals surface area contributed by atoms with Crippen molar-refractivity contribution >= 4 is 28.2 Å². The van der Waals surface area contributed by atoms with E-state index in [1.54, 1.807) is 18.5 Å². The highest BCUT2D eigenvalue weighted by molar-refractivity contribution is 6.06. The van der Waals surface area contributed by atoms with Gasteiger partial charge >= 0.3 is 5.97 Å². The Hall–Kier alpha value is -2.95. The summed E-state index contributed by atoms with van der Waals surface area (Å²) < 4.78 is 0. The van der Waals surface area contributed by atoms with Crippen LogP contribution in [0, 0.1) is 0 Å². The molecule has 0 unspecified atom stereocenters. The number of hydrogen-bond donors (Lipinski definition) is 2. The van der Waals surface area contributed by atoms with Gasteiger partial charge in [-0.2, -0.15) is 0 Å². The number of aromatic carboxylic acids is 1. The number of aromatic nitrogens is 2. The van der Waals surface area contributed by atoms with Crippen LogP contribution in [0.5, 0.6) is 0 Å². The van der Waals surface area contributed by atoms with E-state index in [2.05, 4.69) is 15.3 Å². The predicted octanol–water partition coefficient (Wildman–Crippen LogP) is 3.07. The van der Waals surface area contributed by atoms with Gasteiger partial charge in [0, 0.05) is 23.2 Å². The fourth-order valence-corrected chi connectivity index (χ4v) is 2.04. The van der Waals surface area contributed by atoms with E-state index in [1.165, 1.54) is 6.20 Å². The number of carbonyl (C=O) groups is 1. The van der Waals surface area contributed by atoms with Gasteiger partial charge in [-0.05, 0) is 12.1 Å². The van der Waals surface area contributed by atoms with Gasteiger partial charge in [0.1, 0.15) is 5.82 Å². The smallest absolute Gasteiger partial charge is 0.337 e. The molecule has 3 aromatic rings. The zero-order chi connectivity index (χ0) is 13.9. The third-order valence-electron chi connectivity index (χ3n) is 2.95. The third kappa shape index (κ3) is 2.16. The number of rotatable bonds is 3. The number of pyridine rings is 2. The van der Waals surface area contributed by atoms with Crippen molar-refractivity contribution in [3.63, 3.8) is 0 Å². The Kier molecular flexibility index (Phi) is 3.01. The number of anilines is 2. The Morgan fingerprint density at radius 3 is 2.55 bits per heavy atom. The van der Waals surface area contributed by atoms with E-state index in [9.17, 15) is 9.90 Å². The number of carboxylic acid groups (broad SMARTS) is 1. The van der Waals surface area contributed by atoms with Gasteiger partial charge in [-0.25, -0.2) is 9.78 Å². The van der Waals surface area contributed by atoms with Gasteiger partial charge in [0.2, 0.25) is 0 Å². The van der Waals surface area contributed by atoms with Crippen molar-refractivity contribution in [1.82, 2.24) is 9.97 Å². The SMILES string of the molecule is O=C(O)c1cnc(Nc2cccnc2)c2ccccc12. The molecule has 0 saturated heterocycles. The van der Waals surface area contributed by atoms with Gasteiger partial charge in [0.25, 0.3) is 0 Å². The van der Waals surface area contributed by atoms with Crippen molar-refractivity contribution in [3.05, 3.63) is 60.6 Å². The second-order valence-electron chi connectivity index (χ2n) is 4.24. The molecule has 5 nitrogen and oxygen atoms in total. The molecule has 0 saturated carbocycles. The van der Waals surface area contributed by atoms with Crippen LogP contribution in [0.3, 0.4) is 0 Å². The second-order valence-corrected chi connectivity index (χ2v) is 4.24. The molecule has 0 aliphatic carbocycles. The molecule has 98 valence electrons. The average Bonchev–Trinajstić information content (AvgIpc) is 2.48. The fourth-order valence-electron chi connectivity index (χ4n) is 2.04. The number of nitrogens with zero attached hydrogens (tertiary/aromatic N) is 2. The Labute approximate surface area is 114 Å². The zero-order valence-electron chi connectivity index (χ0n) is 10.4. The minimum Gasteiger partial charge on any atom is -0.478 e. The summed E-state index contributed by atoms with van der Waals surface area (Å²) in [6.45, 7) is 0. The number of hydrogen-bond acceptors (Lipinski definition) is 4. The summed E-state index contributed by atoms with van der Waals surface area (Å²) in [5.74, 6) is -0.375. The number of carboxylic acids is 1. The minimum atomic E-state index is -0.985. The van der Waals surface area contributed by atoms with Crippen LogP contribution in [0.1, 0.15) is 10.4 Å². The summed E-state index contributed by atoms with van der Waals surface area (Å²) in [7, 11) is 0. The molecule has 0 fully saturated rings. The van der Waals surface area contributed by atoms with Gasteiger partial charge in [-0.15, -0.1) is 0 Å². The van der Waals surface area contributed by atoms with Crippen LogP contribution in [-0.4, -0.2) is 21.0 Å². The van der Waals surface area contributed by atoms with Crippen LogP contribution >= 0.6 is 0 Å². The van der Waals surface area contributed by atoms with Crippen LogP contribution in [0.15, 0.2) is 55.0 Å². The Bertz CT molecular complexity index is 772. The van der Waals surface area contributed by atoms with E-state index >= 15 is 0 Å². The number of fused-ring (bicyclic) bond motifs is 1. The highest BCUT2D eigenvalue weighted by Gasteiger charge is 2.12. The van der Waals surface area contributed by atoms with Gasteiger partial charge in [-0.3, -0.25) is 4.98 Å². The predicted molar refractivity (Wildman–Crippen MR) is 76.2 cm³/mol. The first-order valence-corrected chi connectivity index (χ1v) is 6.04. The molecule has 3 rings (SSSR count). The largest absolute Gasteiger partial charge is 0.478 e. The van der Waals surface area contributed by atoms with E-state index in [0.29, 0.717) is 11.2 Å². The van der Waals surface area contributed by atoms with Crippen molar-refractivity contribution in [3.8, 4) is 0 Å². The first kappa shape index (κ1) is 12.1. The monoisotopic (exact) mass is 265 g/mol. The van der Waals surface area contributed by atoms with E-state index in [4.69, 9.17) is 0 Å². The van der Waals surface area contributed by atoms with E-state index < -0.39 is 5.97 Å². The first-order valence-electron chi connectivity index (χ1n) is 6.04.